The van der Waals surface area contributed by atoms with Gasteiger partial charge in [-0.3, -0.25) is 9.58 Å². The van der Waals surface area contributed by atoms with Gasteiger partial charge < -0.3 is 25.2 Å². The first-order valence-corrected chi connectivity index (χ1v) is 12.3. The number of aromatic nitrogens is 4. The molecule has 3 amide bonds. The topological polar surface area (TPSA) is 121 Å². The number of carboxylic acid groups (broad SMARTS) is 1. The number of carbonyl (C=O) groups excluding carboxylic acids is 1. The molecule has 0 aliphatic carbocycles. The Labute approximate surface area is 203 Å². The highest BCUT2D eigenvalue weighted by Crippen LogP contribution is 2.36. The Bertz CT molecular complexity index is 1210. The summed E-state index contributed by atoms with van der Waals surface area (Å²) in [5.41, 5.74) is 3.67. The van der Waals surface area contributed by atoms with Crippen molar-refractivity contribution in [3.8, 4) is 0 Å². The number of aryl methyl sites for hydroxylation is 3. The van der Waals surface area contributed by atoms with Crippen LogP contribution < -0.4 is 15.5 Å². The van der Waals surface area contributed by atoms with Gasteiger partial charge in [0.1, 0.15) is 5.82 Å². The number of hydrogen-bond acceptors (Lipinski definition) is 5. The molecule has 0 saturated carbocycles. The molecule has 186 valence electrons. The highest BCUT2D eigenvalue weighted by Gasteiger charge is 2.30. The van der Waals surface area contributed by atoms with Crippen LogP contribution in [0.4, 0.5) is 15.3 Å². The third kappa shape index (κ3) is 4.68. The van der Waals surface area contributed by atoms with Crippen molar-refractivity contribution in [1.82, 2.24) is 34.9 Å². The van der Waals surface area contributed by atoms with Gasteiger partial charge in [-0.25, -0.2) is 14.6 Å². The molecule has 0 unspecified atom stereocenters. The number of rotatable bonds is 9. The van der Waals surface area contributed by atoms with Crippen molar-refractivity contribution in [3.05, 3.63) is 42.0 Å². The van der Waals surface area contributed by atoms with Crippen molar-refractivity contribution in [2.75, 3.05) is 37.6 Å². The van der Waals surface area contributed by atoms with Crippen molar-refractivity contribution in [2.24, 2.45) is 0 Å². The predicted octanol–water partition coefficient (Wildman–Crippen LogP) is 1.91. The molecule has 2 aliphatic heterocycles. The molecule has 2 aliphatic rings. The predicted molar refractivity (Wildman–Crippen MR) is 132 cm³/mol. The van der Waals surface area contributed by atoms with E-state index in [1.165, 1.54) is 4.90 Å². The molecule has 0 spiro atoms. The van der Waals surface area contributed by atoms with E-state index in [0.29, 0.717) is 19.6 Å². The quantitative estimate of drug-likeness (QED) is 0.403. The first-order valence-electron chi connectivity index (χ1n) is 12.3. The number of anilines is 1. The van der Waals surface area contributed by atoms with Gasteiger partial charge in [0.05, 0.1) is 16.7 Å². The Hall–Kier alpha value is -3.60. The van der Waals surface area contributed by atoms with E-state index in [0.717, 1.165) is 73.6 Å². The minimum Gasteiger partial charge on any atom is -0.465 e. The van der Waals surface area contributed by atoms with Crippen LogP contribution in [0, 0.1) is 0 Å². The van der Waals surface area contributed by atoms with E-state index in [1.807, 2.05) is 40.9 Å². The Morgan fingerprint density at radius 3 is 2.86 bits per heavy atom. The lowest BCUT2D eigenvalue weighted by atomic mass is 9.96. The molecule has 1 saturated heterocycles. The molecule has 2 aromatic heterocycles. The lowest BCUT2D eigenvalue weighted by molar-refractivity contribution is 0.198. The second-order valence-electron chi connectivity index (χ2n) is 9.14. The molecule has 0 radical (unpaired) electrons. The van der Waals surface area contributed by atoms with Crippen molar-refractivity contribution in [2.45, 2.75) is 45.3 Å². The van der Waals surface area contributed by atoms with Crippen LogP contribution in [-0.2, 0) is 25.9 Å². The lowest BCUT2D eigenvalue weighted by Gasteiger charge is -2.33. The van der Waals surface area contributed by atoms with Crippen LogP contribution in [-0.4, -0.2) is 80.2 Å². The second-order valence-corrected chi connectivity index (χ2v) is 9.14. The average Bonchev–Trinajstić information content (AvgIpc) is 3.57. The van der Waals surface area contributed by atoms with Crippen LogP contribution in [0.1, 0.15) is 24.7 Å². The number of amides is 3. The average molecular weight is 481 g/mol. The minimum absolute atomic E-state index is 0.00260. The van der Waals surface area contributed by atoms with Crippen LogP contribution in [0.25, 0.3) is 11.0 Å². The molecule has 35 heavy (non-hydrogen) atoms. The number of carbonyl (C=O) groups is 2. The Morgan fingerprint density at radius 1 is 1.26 bits per heavy atom. The van der Waals surface area contributed by atoms with Gasteiger partial charge in [0.15, 0.2) is 0 Å². The fourth-order valence-electron chi connectivity index (χ4n) is 5.11. The van der Waals surface area contributed by atoms with Gasteiger partial charge in [-0.05, 0) is 38.0 Å². The van der Waals surface area contributed by atoms with Crippen molar-refractivity contribution in [1.29, 1.82) is 0 Å². The smallest absolute Gasteiger partial charge is 0.412 e. The monoisotopic (exact) mass is 480 g/mol. The first kappa shape index (κ1) is 23.2. The van der Waals surface area contributed by atoms with E-state index in [9.17, 15) is 14.7 Å². The lowest BCUT2D eigenvalue weighted by Crippen LogP contribution is -2.41. The SMILES string of the molecule is C[C@H]1CCc2c(ccc3c2nc(CCn2cccn2)n3CCNCCN2CCNC2=O)N1C(=O)O. The van der Waals surface area contributed by atoms with Gasteiger partial charge in [-0.2, -0.15) is 5.10 Å². The maximum absolute atomic E-state index is 11.9. The van der Waals surface area contributed by atoms with E-state index in [1.54, 1.807) is 6.20 Å². The number of imidazole rings is 1. The van der Waals surface area contributed by atoms with Crippen molar-refractivity contribution in [3.63, 3.8) is 0 Å². The van der Waals surface area contributed by atoms with E-state index in [-0.39, 0.29) is 12.1 Å². The third-order valence-electron chi connectivity index (χ3n) is 6.94. The maximum atomic E-state index is 11.9. The number of benzene rings is 1. The van der Waals surface area contributed by atoms with Crippen molar-refractivity contribution < 1.29 is 14.7 Å². The van der Waals surface area contributed by atoms with Crippen LogP contribution in [0.2, 0.25) is 0 Å². The number of hydrogen-bond donors (Lipinski definition) is 3. The van der Waals surface area contributed by atoms with E-state index in [2.05, 4.69) is 20.3 Å². The van der Waals surface area contributed by atoms with E-state index >= 15 is 0 Å². The summed E-state index contributed by atoms with van der Waals surface area (Å²) in [6.07, 6.45) is 5.09. The first-order chi connectivity index (χ1) is 17.0. The summed E-state index contributed by atoms with van der Waals surface area (Å²) in [6, 6.07) is 5.78. The molecule has 5 rings (SSSR count). The van der Waals surface area contributed by atoms with E-state index in [4.69, 9.17) is 4.98 Å². The van der Waals surface area contributed by atoms with E-state index < -0.39 is 6.09 Å². The van der Waals surface area contributed by atoms with Gasteiger partial charge in [0.25, 0.3) is 0 Å². The number of nitrogens with zero attached hydrogens (tertiary/aromatic N) is 6. The van der Waals surface area contributed by atoms with Gasteiger partial charge in [-0.1, -0.05) is 0 Å². The van der Waals surface area contributed by atoms with Crippen LogP contribution in [0.3, 0.4) is 0 Å². The number of urea groups is 1. The normalized spacial score (nSPS) is 17.7. The fraction of sp³-hybridized carbons (Fsp3) is 0.500. The van der Waals surface area contributed by atoms with Crippen molar-refractivity contribution >= 4 is 28.8 Å². The van der Waals surface area contributed by atoms with Crippen LogP contribution >= 0.6 is 0 Å². The summed E-state index contributed by atoms with van der Waals surface area (Å²) >= 11 is 0. The number of nitrogens with one attached hydrogen (secondary N) is 2. The van der Waals surface area contributed by atoms with Gasteiger partial charge in [-0.15, -0.1) is 0 Å². The highest BCUT2D eigenvalue weighted by atomic mass is 16.4. The summed E-state index contributed by atoms with van der Waals surface area (Å²) < 4.78 is 4.13. The molecular weight excluding hydrogens is 448 g/mol. The standard InChI is InChI=1S/C24H32N8O3/c1-17-3-4-18-19(32(17)24(34)35)5-6-20-22(18)28-21(7-13-30-12-2-8-27-30)31(20)16-10-25-9-14-29-15-11-26-23(29)33/h2,5-6,8,12,17,25H,3-4,7,9-11,13-16H2,1H3,(H,26,33)(H,34,35)/t17-/m0/s1. The second kappa shape index (κ2) is 9.95. The molecule has 1 aromatic carbocycles. The summed E-state index contributed by atoms with van der Waals surface area (Å²) in [5.74, 6) is 0.963. The molecule has 1 fully saturated rings. The molecular formula is C24H32N8O3. The summed E-state index contributed by atoms with van der Waals surface area (Å²) in [7, 11) is 0. The fourth-order valence-corrected chi connectivity index (χ4v) is 5.11. The summed E-state index contributed by atoms with van der Waals surface area (Å²) in [6.45, 7) is 7.01. The summed E-state index contributed by atoms with van der Waals surface area (Å²) in [4.78, 5) is 32.0. The third-order valence-corrected chi connectivity index (χ3v) is 6.94. The van der Waals surface area contributed by atoms with Gasteiger partial charge >= 0.3 is 12.1 Å². The van der Waals surface area contributed by atoms with Crippen LogP contribution in [0.5, 0.6) is 0 Å². The Balaban J connectivity index is 1.37. The molecule has 11 nitrogen and oxygen atoms in total. The largest absolute Gasteiger partial charge is 0.465 e. The summed E-state index contributed by atoms with van der Waals surface area (Å²) in [5, 5.41) is 20.4. The zero-order valence-electron chi connectivity index (χ0n) is 20.0. The minimum atomic E-state index is -0.924. The molecule has 11 heteroatoms. The molecule has 0 bridgehead atoms. The Morgan fingerprint density at radius 2 is 2.11 bits per heavy atom. The van der Waals surface area contributed by atoms with Gasteiger partial charge in [0.2, 0.25) is 0 Å². The van der Waals surface area contributed by atoms with Gasteiger partial charge in [0, 0.05) is 76.2 Å². The van der Waals surface area contributed by atoms with Crippen LogP contribution in [0.15, 0.2) is 30.6 Å². The maximum Gasteiger partial charge on any atom is 0.412 e. The molecule has 3 aromatic rings. The zero-order valence-corrected chi connectivity index (χ0v) is 20.0. The zero-order chi connectivity index (χ0) is 24.4. The molecule has 1 atom stereocenters. The highest BCUT2D eigenvalue weighted by molar-refractivity contribution is 5.94. The number of fused-ring (bicyclic) bond motifs is 3. The Kier molecular flexibility index (Phi) is 6.58. The molecule has 4 heterocycles. The molecule has 3 N–H and O–H groups in total.